The lowest BCUT2D eigenvalue weighted by molar-refractivity contribution is 0.405. The van der Waals surface area contributed by atoms with Crippen molar-refractivity contribution in [2.24, 2.45) is 0 Å². The first-order valence-electron chi connectivity index (χ1n) is 12.0. The molecule has 0 saturated carbocycles. The minimum atomic E-state index is -2.87. The van der Waals surface area contributed by atoms with Crippen molar-refractivity contribution < 1.29 is 24.6 Å². The summed E-state index contributed by atoms with van der Waals surface area (Å²) < 4.78 is 8.70. The van der Waals surface area contributed by atoms with Gasteiger partial charge in [-0.1, -0.05) is 107 Å². The molecule has 5 nitrogen and oxygen atoms in total. The predicted molar refractivity (Wildman–Crippen MR) is 146 cm³/mol. The Bertz CT molecular complexity index is 975. The molecule has 2 aromatic carbocycles. The maximum atomic E-state index is 11.2. The molecule has 4 N–H and O–H groups in total. The van der Waals surface area contributed by atoms with E-state index < -0.39 is 8.25 Å². The first-order chi connectivity index (χ1) is 15.5. The van der Waals surface area contributed by atoms with Gasteiger partial charge in [0, 0.05) is 11.0 Å². The summed E-state index contributed by atoms with van der Waals surface area (Å²) in [5, 5.41) is 22.5. The van der Waals surface area contributed by atoms with E-state index in [0.29, 0.717) is 17.9 Å². The van der Waals surface area contributed by atoms with E-state index in [0.717, 1.165) is 22.3 Å². The molecule has 0 saturated heterocycles. The monoisotopic (exact) mass is 505 g/mol. The molecule has 6 heteroatoms. The van der Waals surface area contributed by atoms with Gasteiger partial charge in [0.1, 0.15) is 11.5 Å². The van der Waals surface area contributed by atoms with E-state index in [1.807, 2.05) is 0 Å². The van der Waals surface area contributed by atoms with Crippen LogP contribution in [0.15, 0.2) is 24.3 Å². The molecule has 35 heavy (non-hydrogen) atoms. The SMILES string of the molecule is CC(C)(C)c1cc(Cc2cc(C(C)(C)C)cc(C(C)(C)C)c2O)c(O)c(C(C)(C)C)c1.O=[P+](O)O. The van der Waals surface area contributed by atoms with Crippen LogP contribution < -0.4 is 0 Å². The molecule has 0 aliphatic rings. The minimum absolute atomic E-state index is 0.0334. The highest BCUT2D eigenvalue weighted by Crippen LogP contribution is 2.42. The van der Waals surface area contributed by atoms with Crippen LogP contribution in [-0.2, 0) is 32.6 Å². The molecular weight excluding hydrogens is 459 g/mol. The van der Waals surface area contributed by atoms with Crippen LogP contribution in [0.3, 0.4) is 0 Å². The number of hydrogen-bond donors (Lipinski definition) is 4. The standard InChI is InChI=1S/C29H44O2.HO3P/c1-26(2,3)20-14-18(24(30)22(16-20)28(7,8)9)13-19-15-21(27(4,5)6)17-23(25(19)31)29(10,11)12;1-4(2)3/h14-17,30-31H,13H2,1-12H3;(H-,1,2,3)/p+1. The van der Waals surface area contributed by atoms with E-state index in [-0.39, 0.29) is 21.7 Å². The van der Waals surface area contributed by atoms with Crippen LogP contribution in [-0.4, -0.2) is 20.0 Å². The second-order valence-corrected chi connectivity index (χ2v) is 14.0. The van der Waals surface area contributed by atoms with Gasteiger partial charge < -0.3 is 10.2 Å². The van der Waals surface area contributed by atoms with E-state index in [1.54, 1.807) is 0 Å². The summed E-state index contributed by atoms with van der Waals surface area (Å²) in [5.41, 5.74) is 5.65. The number of hydrogen-bond acceptors (Lipinski definition) is 3. The average Bonchev–Trinajstić information content (AvgIpc) is 2.60. The zero-order valence-corrected chi connectivity index (χ0v) is 24.6. The van der Waals surface area contributed by atoms with Crippen LogP contribution in [0.4, 0.5) is 0 Å². The third kappa shape index (κ3) is 8.59. The third-order valence-corrected chi connectivity index (χ3v) is 6.11. The maximum Gasteiger partial charge on any atom is 0.692 e. The third-order valence-electron chi connectivity index (χ3n) is 6.11. The number of phenolic OH excluding ortho intramolecular Hbond substituents is 2. The highest BCUT2D eigenvalue weighted by molar-refractivity contribution is 7.30. The topological polar surface area (TPSA) is 98.0 Å². The lowest BCUT2D eigenvalue weighted by atomic mass is 9.76. The molecule has 0 aliphatic heterocycles. The molecule has 2 aromatic rings. The smallest absolute Gasteiger partial charge is 0.507 e. The summed E-state index contributed by atoms with van der Waals surface area (Å²) >= 11 is 0. The zero-order valence-electron chi connectivity index (χ0n) is 23.7. The van der Waals surface area contributed by atoms with Crippen molar-refractivity contribution in [2.45, 2.75) is 111 Å². The van der Waals surface area contributed by atoms with Crippen LogP contribution in [0.1, 0.15) is 116 Å². The van der Waals surface area contributed by atoms with E-state index >= 15 is 0 Å². The lowest BCUT2D eigenvalue weighted by Crippen LogP contribution is -2.18. The molecule has 0 aromatic heterocycles. The summed E-state index contributed by atoms with van der Waals surface area (Å²) in [5.74, 6) is 0.691. The zero-order chi connectivity index (χ0) is 27.7. The van der Waals surface area contributed by atoms with Crippen molar-refractivity contribution in [2.75, 3.05) is 0 Å². The largest absolute Gasteiger partial charge is 0.692 e. The van der Waals surface area contributed by atoms with Crippen molar-refractivity contribution in [1.82, 2.24) is 0 Å². The van der Waals surface area contributed by atoms with Crippen LogP contribution in [0.5, 0.6) is 11.5 Å². The second kappa shape index (κ2) is 10.6. The number of benzene rings is 2. The van der Waals surface area contributed by atoms with Gasteiger partial charge in [-0.15, -0.1) is 9.79 Å². The quantitative estimate of drug-likeness (QED) is 0.317. The predicted octanol–water partition coefficient (Wildman–Crippen LogP) is 7.51. The molecular formula is C29H46O5P+. The first kappa shape index (κ1) is 31.1. The van der Waals surface area contributed by atoms with E-state index in [9.17, 15) is 10.2 Å². The van der Waals surface area contributed by atoms with E-state index in [1.165, 1.54) is 11.1 Å². The Morgan fingerprint density at radius 3 is 1.03 bits per heavy atom. The Kier molecular flexibility index (Phi) is 9.40. The number of phenols is 2. The minimum Gasteiger partial charge on any atom is -0.507 e. The van der Waals surface area contributed by atoms with Gasteiger partial charge in [0.05, 0.1) is 0 Å². The van der Waals surface area contributed by atoms with E-state index in [2.05, 4.69) is 107 Å². The highest BCUT2D eigenvalue weighted by atomic mass is 31.1. The van der Waals surface area contributed by atoms with Gasteiger partial charge >= 0.3 is 8.25 Å². The summed E-state index contributed by atoms with van der Waals surface area (Å²) in [6.07, 6.45) is 0.498. The summed E-state index contributed by atoms with van der Waals surface area (Å²) in [6, 6.07) is 8.52. The normalized spacial score (nSPS) is 12.7. The number of rotatable bonds is 2. The number of aromatic hydroxyl groups is 2. The lowest BCUT2D eigenvalue weighted by Gasteiger charge is -2.29. The second-order valence-electron chi connectivity index (χ2n) is 13.5. The van der Waals surface area contributed by atoms with Crippen molar-refractivity contribution in [1.29, 1.82) is 0 Å². The van der Waals surface area contributed by atoms with Crippen LogP contribution in [0.2, 0.25) is 0 Å². The average molecular weight is 506 g/mol. The Balaban J connectivity index is 0.00000142. The highest BCUT2D eigenvalue weighted by Gasteiger charge is 2.28. The summed E-state index contributed by atoms with van der Waals surface area (Å²) in [4.78, 5) is 14.2. The van der Waals surface area contributed by atoms with Crippen molar-refractivity contribution in [3.8, 4) is 11.5 Å². The molecule has 0 amide bonds. The Hall–Kier alpha value is -1.94. The van der Waals surface area contributed by atoms with E-state index in [4.69, 9.17) is 14.4 Å². The Morgan fingerprint density at radius 1 is 0.571 bits per heavy atom. The van der Waals surface area contributed by atoms with Crippen molar-refractivity contribution >= 4 is 8.25 Å². The molecule has 2 rings (SSSR count). The molecule has 196 valence electrons. The molecule has 0 spiro atoms. The Morgan fingerprint density at radius 2 is 0.829 bits per heavy atom. The fourth-order valence-electron chi connectivity index (χ4n) is 3.87. The van der Waals surface area contributed by atoms with Crippen LogP contribution >= 0.6 is 8.25 Å². The molecule has 0 bridgehead atoms. The molecule has 0 unspecified atom stereocenters. The molecule has 0 atom stereocenters. The molecule has 0 radical (unpaired) electrons. The van der Waals surface area contributed by atoms with Gasteiger partial charge in [-0.25, -0.2) is 0 Å². The first-order valence-corrected chi connectivity index (χ1v) is 13.2. The van der Waals surface area contributed by atoms with Gasteiger partial charge in [0.15, 0.2) is 0 Å². The van der Waals surface area contributed by atoms with Gasteiger partial charge in [-0.3, -0.25) is 0 Å². The summed E-state index contributed by atoms with van der Waals surface area (Å²) in [7, 11) is -2.87. The van der Waals surface area contributed by atoms with Gasteiger partial charge in [-0.2, -0.15) is 0 Å². The molecule has 0 heterocycles. The molecule has 0 fully saturated rings. The van der Waals surface area contributed by atoms with Crippen LogP contribution in [0.25, 0.3) is 0 Å². The van der Waals surface area contributed by atoms with Gasteiger partial charge in [-0.05, 0) is 55.0 Å². The summed E-state index contributed by atoms with van der Waals surface area (Å²) in [6.45, 7) is 26.0. The fraction of sp³-hybridized carbons (Fsp3) is 0.586. The Labute approximate surface area is 213 Å². The van der Waals surface area contributed by atoms with Crippen LogP contribution in [0, 0.1) is 0 Å². The van der Waals surface area contributed by atoms with Crippen molar-refractivity contribution in [3.63, 3.8) is 0 Å². The maximum absolute atomic E-state index is 11.2. The van der Waals surface area contributed by atoms with Crippen molar-refractivity contribution in [3.05, 3.63) is 57.6 Å². The van der Waals surface area contributed by atoms with Gasteiger partial charge in [0.25, 0.3) is 0 Å². The molecule has 0 aliphatic carbocycles. The van der Waals surface area contributed by atoms with Gasteiger partial charge in [0.2, 0.25) is 0 Å². The fourth-order valence-corrected chi connectivity index (χ4v) is 3.87.